The molecule has 5 nitrogen and oxygen atoms in total. The number of amides is 1. The van der Waals surface area contributed by atoms with Crippen molar-refractivity contribution in [1.29, 1.82) is 0 Å². The lowest BCUT2D eigenvalue weighted by Gasteiger charge is -2.08. The van der Waals surface area contributed by atoms with E-state index in [-0.39, 0.29) is 5.91 Å². The first-order valence-corrected chi connectivity index (χ1v) is 10.7. The summed E-state index contributed by atoms with van der Waals surface area (Å²) in [6.45, 7) is 4.87. The number of unbranched alkanes of at least 4 members (excludes halogenated alkanes) is 7. The molecule has 0 spiro atoms. The highest BCUT2D eigenvalue weighted by molar-refractivity contribution is 6.00. The Balaban J connectivity index is 1.67. The summed E-state index contributed by atoms with van der Waals surface area (Å²) in [4.78, 5) is 15.9. The number of nitrogens with one attached hydrogen (secondary N) is 1. The maximum absolute atomic E-state index is 12.0. The number of hydrazone groups is 1. The molecule has 2 aromatic rings. The summed E-state index contributed by atoms with van der Waals surface area (Å²) < 4.78 is 5.83. The molecule has 0 aliphatic carbocycles. The predicted octanol–water partition coefficient (Wildman–Crippen LogP) is 5.76. The van der Waals surface area contributed by atoms with Gasteiger partial charge in [0, 0.05) is 18.0 Å². The van der Waals surface area contributed by atoms with Gasteiger partial charge in [0.05, 0.1) is 12.3 Å². The van der Waals surface area contributed by atoms with Crippen LogP contribution in [0.5, 0.6) is 5.75 Å². The van der Waals surface area contributed by atoms with Crippen LogP contribution in [-0.4, -0.2) is 23.2 Å². The Labute approximate surface area is 174 Å². The molecule has 0 saturated heterocycles. The van der Waals surface area contributed by atoms with E-state index in [1.165, 1.54) is 44.9 Å². The second kappa shape index (κ2) is 13.5. The summed E-state index contributed by atoms with van der Waals surface area (Å²) in [6.07, 6.45) is 13.5. The molecular formula is C24H33N3O2. The number of benzene rings is 1. The highest BCUT2D eigenvalue weighted by atomic mass is 16.5. The van der Waals surface area contributed by atoms with E-state index in [2.05, 4.69) is 22.4 Å². The fraction of sp³-hybridized carbons (Fsp3) is 0.458. The highest BCUT2D eigenvalue weighted by Crippen LogP contribution is 2.14. The molecule has 0 fully saturated rings. The molecule has 0 unspecified atom stereocenters. The van der Waals surface area contributed by atoms with Crippen molar-refractivity contribution in [3.8, 4) is 5.75 Å². The first-order chi connectivity index (χ1) is 14.2. The monoisotopic (exact) mass is 395 g/mol. The second-order valence-corrected chi connectivity index (χ2v) is 7.22. The maximum Gasteiger partial charge on any atom is 0.271 e. The first-order valence-electron chi connectivity index (χ1n) is 10.7. The molecule has 0 bridgehead atoms. The minimum Gasteiger partial charge on any atom is -0.494 e. The van der Waals surface area contributed by atoms with Gasteiger partial charge in [-0.3, -0.25) is 9.78 Å². The number of carbonyl (C=O) groups is 1. The molecule has 0 aliphatic rings. The van der Waals surface area contributed by atoms with Crippen LogP contribution in [0.4, 0.5) is 0 Å². The van der Waals surface area contributed by atoms with Crippen LogP contribution < -0.4 is 10.2 Å². The van der Waals surface area contributed by atoms with Crippen LogP contribution in [0.2, 0.25) is 0 Å². The van der Waals surface area contributed by atoms with Crippen LogP contribution in [0.3, 0.4) is 0 Å². The zero-order valence-corrected chi connectivity index (χ0v) is 17.7. The zero-order valence-electron chi connectivity index (χ0n) is 17.7. The van der Waals surface area contributed by atoms with Crippen molar-refractivity contribution >= 4 is 11.6 Å². The third-order valence-corrected chi connectivity index (χ3v) is 4.81. The van der Waals surface area contributed by atoms with Gasteiger partial charge in [0.1, 0.15) is 5.75 Å². The Morgan fingerprint density at radius 1 is 0.897 bits per heavy atom. The molecule has 1 N–H and O–H groups in total. The smallest absolute Gasteiger partial charge is 0.271 e. The van der Waals surface area contributed by atoms with E-state index in [1.807, 2.05) is 31.2 Å². The van der Waals surface area contributed by atoms with Crippen LogP contribution in [0, 0.1) is 0 Å². The Hall–Kier alpha value is -2.69. The largest absolute Gasteiger partial charge is 0.494 e. The van der Waals surface area contributed by atoms with E-state index in [1.54, 1.807) is 24.5 Å². The summed E-state index contributed by atoms with van der Waals surface area (Å²) in [7, 11) is 0. The van der Waals surface area contributed by atoms with Crippen molar-refractivity contribution in [2.75, 3.05) is 6.61 Å². The van der Waals surface area contributed by atoms with Gasteiger partial charge in [0.2, 0.25) is 0 Å². The number of aromatic nitrogens is 1. The molecule has 156 valence electrons. The van der Waals surface area contributed by atoms with Gasteiger partial charge in [-0.2, -0.15) is 5.10 Å². The molecule has 0 atom stereocenters. The number of hydrogen-bond acceptors (Lipinski definition) is 4. The average molecular weight is 396 g/mol. The number of ether oxygens (including phenoxy) is 1. The zero-order chi connectivity index (χ0) is 20.7. The van der Waals surface area contributed by atoms with Crippen LogP contribution in [0.1, 0.15) is 81.1 Å². The molecule has 29 heavy (non-hydrogen) atoms. The number of pyridine rings is 1. The van der Waals surface area contributed by atoms with Gasteiger partial charge < -0.3 is 4.74 Å². The van der Waals surface area contributed by atoms with Crippen molar-refractivity contribution in [3.63, 3.8) is 0 Å². The van der Waals surface area contributed by atoms with E-state index in [0.29, 0.717) is 5.56 Å². The van der Waals surface area contributed by atoms with Gasteiger partial charge in [-0.15, -0.1) is 0 Å². The third-order valence-electron chi connectivity index (χ3n) is 4.81. The van der Waals surface area contributed by atoms with Crippen LogP contribution in [-0.2, 0) is 0 Å². The van der Waals surface area contributed by atoms with Gasteiger partial charge in [0.15, 0.2) is 0 Å². The lowest BCUT2D eigenvalue weighted by Crippen LogP contribution is -2.19. The molecule has 1 amide bonds. The maximum atomic E-state index is 12.0. The SMILES string of the molecule is CCCCCCCCCCOc1ccc(/C(C)=N\NC(=O)c2ccncc2)cc1. The fourth-order valence-electron chi connectivity index (χ4n) is 2.99. The summed E-state index contributed by atoms with van der Waals surface area (Å²) in [5, 5.41) is 4.18. The fourth-order valence-corrected chi connectivity index (χ4v) is 2.99. The molecule has 1 aromatic heterocycles. The van der Waals surface area contributed by atoms with Gasteiger partial charge in [0.25, 0.3) is 5.91 Å². The predicted molar refractivity (Wildman–Crippen MR) is 118 cm³/mol. The molecule has 0 radical (unpaired) electrons. The molecule has 1 aromatic carbocycles. The molecular weight excluding hydrogens is 362 g/mol. The quantitative estimate of drug-likeness (QED) is 0.267. The van der Waals surface area contributed by atoms with Gasteiger partial charge >= 0.3 is 0 Å². The topological polar surface area (TPSA) is 63.6 Å². The molecule has 0 saturated carbocycles. The molecule has 0 aliphatic heterocycles. The standard InChI is InChI=1S/C24H33N3O2/c1-3-4-5-6-7-8-9-10-19-29-23-13-11-21(12-14-23)20(2)26-27-24(28)22-15-17-25-18-16-22/h11-18H,3-10,19H2,1-2H3,(H,27,28)/b26-20-. The summed E-state index contributed by atoms with van der Waals surface area (Å²) >= 11 is 0. The Morgan fingerprint density at radius 3 is 2.17 bits per heavy atom. The first kappa shape index (κ1) is 22.6. The van der Waals surface area contributed by atoms with Gasteiger partial charge in [-0.25, -0.2) is 5.43 Å². The minimum absolute atomic E-state index is 0.253. The van der Waals surface area contributed by atoms with Gasteiger partial charge in [-0.1, -0.05) is 51.9 Å². The van der Waals surface area contributed by atoms with Crippen LogP contribution >= 0.6 is 0 Å². The number of carbonyl (C=O) groups excluding carboxylic acids is 1. The molecule has 1 heterocycles. The van der Waals surface area contributed by atoms with Crippen molar-refractivity contribution in [2.45, 2.75) is 65.2 Å². The third kappa shape index (κ3) is 8.90. The lowest BCUT2D eigenvalue weighted by molar-refractivity contribution is 0.0954. The number of nitrogens with zero attached hydrogens (tertiary/aromatic N) is 2. The van der Waals surface area contributed by atoms with E-state index >= 15 is 0 Å². The average Bonchev–Trinajstić information content (AvgIpc) is 2.77. The minimum atomic E-state index is -0.253. The second-order valence-electron chi connectivity index (χ2n) is 7.22. The van der Waals surface area contributed by atoms with Crippen LogP contribution in [0.15, 0.2) is 53.9 Å². The Bertz CT molecular complexity index is 742. The Morgan fingerprint density at radius 2 is 1.52 bits per heavy atom. The summed E-state index contributed by atoms with van der Waals surface area (Å²) in [5.41, 5.74) is 4.78. The van der Waals surface area contributed by atoms with Crippen molar-refractivity contribution in [2.24, 2.45) is 5.10 Å². The molecule has 2 rings (SSSR count). The Kier molecular flexibility index (Phi) is 10.5. The van der Waals surface area contributed by atoms with Crippen LogP contribution in [0.25, 0.3) is 0 Å². The van der Waals surface area contributed by atoms with Crippen molar-refractivity contribution < 1.29 is 9.53 Å². The van der Waals surface area contributed by atoms with Crippen molar-refractivity contribution in [3.05, 3.63) is 59.9 Å². The van der Waals surface area contributed by atoms with Gasteiger partial charge in [-0.05, 0) is 55.3 Å². The number of rotatable bonds is 13. The normalized spacial score (nSPS) is 11.3. The highest BCUT2D eigenvalue weighted by Gasteiger charge is 2.04. The van der Waals surface area contributed by atoms with Crippen molar-refractivity contribution in [1.82, 2.24) is 10.4 Å². The lowest BCUT2D eigenvalue weighted by atomic mass is 10.1. The van der Waals surface area contributed by atoms with E-state index in [9.17, 15) is 4.79 Å². The number of hydrogen-bond donors (Lipinski definition) is 1. The summed E-state index contributed by atoms with van der Waals surface area (Å²) in [6, 6.07) is 11.1. The summed E-state index contributed by atoms with van der Waals surface area (Å²) in [5.74, 6) is 0.613. The van der Waals surface area contributed by atoms with E-state index < -0.39 is 0 Å². The van der Waals surface area contributed by atoms with E-state index in [0.717, 1.165) is 30.1 Å². The van der Waals surface area contributed by atoms with E-state index in [4.69, 9.17) is 4.74 Å². The molecule has 5 heteroatoms.